The molecule has 2 aromatic rings. The van der Waals surface area contributed by atoms with Gasteiger partial charge < -0.3 is 4.74 Å². The molecule has 0 saturated heterocycles. The first-order valence-electron chi connectivity index (χ1n) is 7.10. The highest BCUT2D eigenvalue weighted by molar-refractivity contribution is 9.10. The van der Waals surface area contributed by atoms with Crippen LogP contribution < -0.4 is 0 Å². The van der Waals surface area contributed by atoms with Gasteiger partial charge in [-0.25, -0.2) is 0 Å². The second-order valence-corrected chi connectivity index (χ2v) is 7.69. The zero-order chi connectivity index (χ0) is 14.1. The van der Waals surface area contributed by atoms with Crippen molar-refractivity contribution < 1.29 is 4.74 Å². The third-order valence-electron chi connectivity index (χ3n) is 4.05. The van der Waals surface area contributed by atoms with E-state index in [1.54, 1.807) is 11.3 Å². The lowest BCUT2D eigenvalue weighted by Crippen LogP contribution is -2.31. The van der Waals surface area contributed by atoms with Gasteiger partial charge in [0.1, 0.15) is 0 Å². The van der Waals surface area contributed by atoms with E-state index in [9.17, 15) is 0 Å². The van der Waals surface area contributed by atoms with Crippen LogP contribution in [0.25, 0.3) is 10.1 Å². The Morgan fingerprint density at radius 2 is 2.25 bits per heavy atom. The Balaban J connectivity index is 1.68. The predicted molar refractivity (Wildman–Crippen MR) is 90.9 cm³/mol. The van der Waals surface area contributed by atoms with E-state index in [1.807, 2.05) is 0 Å². The van der Waals surface area contributed by atoms with Crippen LogP contribution in [0.5, 0.6) is 0 Å². The molecule has 0 amide bonds. The molecule has 108 valence electrons. The summed E-state index contributed by atoms with van der Waals surface area (Å²) < 4.78 is 8.08. The number of halogens is 2. The third-order valence-corrected chi connectivity index (χ3v) is 6.44. The molecule has 1 atom stereocenters. The SMILES string of the molecule is CCOC1CC(CC(Cl)c2csc3c(Br)cccc23)C1. The van der Waals surface area contributed by atoms with Gasteiger partial charge in [0.25, 0.3) is 0 Å². The fourth-order valence-electron chi connectivity index (χ4n) is 2.94. The topological polar surface area (TPSA) is 9.23 Å². The Kier molecular flexibility index (Phi) is 4.71. The Morgan fingerprint density at radius 3 is 3.00 bits per heavy atom. The minimum atomic E-state index is 0.116. The predicted octanol–water partition coefficient (Wildman–Crippen LogP) is 6.15. The van der Waals surface area contributed by atoms with Crippen molar-refractivity contribution in [3.63, 3.8) is 0 Å². The minimum Gasteiger partial charge on any atom is -0.378 e. The summed E-state index contributed by atoms with van der Waals surface area (Å²) in [6.45, 7) is 2.89. The van der Waals surface area contributed by atoms with Crippen molar-refractivity contribution in [1.82, 2.24) is 0 Å². The maximum atomic E-state index is 6.66. The number of hydrogen-bond donors (Lipinski definition) is 0. The lowest BCUT2D eigenvalue weighted by molar-refractivity contribution is -0.0266. The highest BCUT2D eigenvalue weighted by Gasteiger charge is 2.31. The van der Waals surface area contributed by atoms with Gasteiger partial charge in [-0.05, 0) is 70.4 Å². The average Bonchev–Trinajstić information content (AvgIpc) is 2.81. The lowest BCUT2D eigenvalue weighted by Gasteiger charge is -2.36. The molecule has 0 aliphatic heterocycles. The maximum absolute atomic E-state index is 6.66. The van der Waals surface area contributed by atoms with Gasteiger partial charge in [-0.3, -0.25) is 0 Å². The van der Waals surface area contributed by atoms with Crippen molar-refractivity contribution in [2.75, 3.05) is 6.61 Å². The molecule has 1 aliphatic rings. The average molecular weight is 374 g/mol. The first kappa shape index (κ1) is 14.8. The van der Waals surface area contributed by atoms with Gasteiger partial charge in [0.2, 0.25) is 0 Å². The first-order chi connectivity index (χ1) is 9.69. The minimum absolute atomic E-state index is 0.116. The number of thiophene rings is 1. The molecule has 1 aromatic carbocycles. The molecule has 1 nitrogen and oxygen atoms in total. The van der Waals surface area contributed by atoms with Gasteiger partial charge in [0.05, 0.1) is 11.5 Å². The molecule has 0 bridgehead atoms. The molecule has 1 aromatic heterocycles. The monoisotopic (exact) mass is 372 g/mol. The largest absolute Gasteiger partial charge is 0.378 e. The van der Waals surface area contributed by atoms with Crippen molar-refractivity contribution >= 4 is 49.0 Å². The van der Waals surface area contributed by atoms with E-state index in [0.29, 0.717) is 6.10 Å². The Bertz CT molecular complexity index is 591. The van der Waals surface area contributed by atoms with Crippen LogP contribution in [-0.2, 0) is 4.74 Å². The van der Waals surface area contributed by atoms with Crippen LogP contribution in [0.15, 0.2) is 28.1 Å². The van der Waals surface area contributed by atoms with Crippen molar-refractivity contribution in [1.29, 1.82) is 0 Å². The second kappa shape index (κ2) is 6.35. The molecule has 0 spiro atoms. The molecule has 0 radical (unpaired) electrons. The van der Waals surface area contributed by atoms with Gasteiger partial charge >= 0.3 is 0 Å². The molecule has 1 saturated carbocycles. The van der Waals surface area contributed by atoms with Crippen LogP contribution in [0.1, 0.15) is 37.1 Å². The van der Waals surface area contributed by atoms with Crippen LogP contribution in [0.3, 0.4) is 0 Å². The number of ether oxygens (including phenoxy) is 1. The zero-order valence-corrected chi connectivity index (χ0v) is 14.6. The van der Waals surface area contributed by atoms with Crippen LogP contribution in [0.4, 0.5) is 0 Å². The molecule has 1 heterocycles. The van der Waals surface area contributed by atoms with Crippen LogP contribution in [0, 0.1) is 5.92 Å². The molecule has 1 unspecified atom stereocenters. The summed E-state index contributed by atoms with van der Waals surface area (Å²) in [4.78, 5) is 0. The van der Waals surface area contributed by atoms with Gasteiger partial charge in [-0.1, -0.05) is 12.1 Å². The van der Waals surface area contributed by atoms with Gasteiger partial charge in [0.15, 0.2) is 0 Å². The lowest BCUT2D eigenvalue weighted by atomic mass is 9.78. The van der Waals surface area contributed by atoms with E-state index < -0.39 is 0 Å². The van der Waals surface area contributed by atoms with Gasteiger partial charge in [0, 0.05) is 15.8 Å². The van der Waals surface area contributed by atoms with E-state index in [0.717, 1.165) is 23.4 Å². The normalized spacial score (nSPS) is 23.8. The number of benzene rings is 1. The second-order valence-electron chi connectivity index (χ2n) is 5.43. The van der Waals surface area contributed by atoms with Crippen molar-refractivity contribution in [2.45, 2.75) is 37.7 Å². The molecule has 1 fully saturated rings. The Labute approximate surface area is 137 Å². The summed E-state index contributed by atoms with van der Waals surface area (Å²) in [5.74, 6) is 0.719. The molecular formula is C16H18BrClOS. The van der Waals surface area contributed by atoms with Crippen LogP contribution in [0.2, 0.25) is 0 Å². The smallest absolute Gasteiger partial charge is 0.0602 e. The van der Waals surface area contributed by atoms with Gasteiger partial charge in [-0.15, -0.1) is 22.9 Å². The number of alkyl halides is 1. The maximum Gasteiger partial charge on any atom is 0.0602 e. The van der Waals surface area contributed by atoms with E-state index in [-0.39, 0.29) is 5.38 Å². The fraction of sp³-hybridized carbons (Fsp3) is 0.500. The molecule has 1 aliphatic carbocycles. The number of hydrogen-bond acceptors (Lipinski definition) is 2. The zero-order valence-electron chi connectivity index (χ0n) is 11.4. The summed E-state index contributed by atoms with van der Waals surface area (Å²) in [7, 11) is 0. The molecule has 3 rings (SSSR count). The first-order valence-corrected chi connectivity index (χ1v) is 9.21. The summed E-state index contributed by atoms with van der Waals surface area (Å²) >= 11 is 12.0. The highest BCUT2D eigenvalue weighted by Crippen LogP contribution is 2.43. The molecular weight excluding hydrogens is 356 g/mol. The van der Waals surface area contributed by atoms with Gasteiger partial charge in [-0.2, -0.15) is 0 Å². The fourth-order valence-corrected chi connectivity index (χ4v) is 5.13. The van der Waals surface area contributed by atoms with Crippen LogP contribution in [-0.4, -0.2) is 12.7 Å². The highest BCUT2D eigenvalue weighted by atomic mass is 79.9. The Hall–Kier alpha value is -0.0900. The van der Waals surface area contributed by atoms with E-state index in [4.69, 9.17) is 16.3 Å². The number of fused-ring (bicyclic) bond motifs is 1. The van der Waals surface area contributed by atoms with E-state index in [2.05, 4.69) is 46.4 Å². The summed E-state index contributed by atoms with van der Waals surface area (Å²) in [5, 5.41) is 3.63. The standard InChI is InChI=1S/C16H18BrClOS/c1-2-19-11-6-10(7-11)8-15(18)13-9-20-16-12(13)4-3-5-14(16)17/h3-5,9-11,15H,2,6-8H2,1H3. The van der Waals surface area contributed by atoms with Crippen molar-refractivity contribution in [2.24, 2.45) is 5.92 Å². The van der Waals surface area contributed by atoms with E-state index in [1.165, 1.54) is 28.5 Å². The molecule has 4 heteroatoms. The Morgan fingerprint density at radius 1 is 1.45 bits per heavy atom. The molecule has 20 heavy (non-hydrogen) atoms. The van der Waals surface area contributed by atoms with E-state index >= 15 is 0 Å². The van der Waals surface area contributed by atoms with Crippen LogP contribution >= 0.6 is 38.9 Å². The number of rotatable bonds is 5. The van der Waals surface area contributed by atoms with Crippen molar-refractivity contribution in [3.05, 3.63) is 33.6 Å². The summed E-state index contributed by atoms with van der Waals surface area (Å²) in [6.07, 6.45) is 3.87. The van der Waals surface area contributed by atoms with Crippen molar-refractivity contribution in [3.8, 4) is 0 Å². The third kappa shape index (κ3) is 2.92. The summed E-state index contributed by atoms with van der Waals surface area (Å²) in [5.41, 5.74) is 1.29. The molecule has 0 N–H and O–H groups in total. The summed E-state index contributed by atoms with van der Waals surface area (Å²) in [6, 6.07) is 6.34. The quantitative estimate of drug-likeness (QED) is 0.571.